The number of amides is 1. The Morgan fingerprint density at radius 3 is 2.52 bits per heavy atom. The minimum atomic E-state index is -0.305. The van der Waals surface area contributed by atoms with Crippen molar-refractivity contribution < 1.29 is 13.9 Å². The highest BCUT2D eigenvalue weighted by Gasteiger charge is 2.11. The molecule has 1 amide bonds. The lowest BCUT2D eigenvalue weighted by atomic mass is 10.1. The molecule has 0 aliphatic rings. The number of rotatable bonds is 4. The summed E-state index contributed by atoms with van der Waals surface area (Å²) in [5.74, 6) is 0.840. The van der Waals surface area contributed by atoms with Gasteiger partial charge in [-0.25, -0.2) is 0 Å². The summed E-state index contributed by atoms with van der Waals surface area (Å²) in [4.78, 5) is 24.9. The Morgan fingerprint density at radius 1 is 1.00 bits per heavy atom. The van der Waals surface area contributed by atoms with Crippen LogP contribution in [0.3, 0.4) is 0 Å². The molecule has 0 bridgehead atoms. The zero-order valence-electron chi connectivity index (χ0n) is 15.4. The number of benzene rings is 3. The van der Waals surface area contributed by atoms with E-state index in [4.69, 9.17) is 20.8 Å². The van der Waals surface area contributed by atoms with Crippen molar-refractivity contribution in [1.29, 1.82) is 0 Å². The van der Waals surface area contributed by atoms with Gasteiger partial charge in [-0.1, -0.05) is 17.7 Å². The van der Waals surface area contributed by atoms with E-state index in [1.54, 1.807) is 61.7 Å². The fourth-order valence-corrected chi connectivity index (χ4v) is 3.15. The van der Waals surface area contributed by atoms with Gasteiger partial charge in [0.2, 0.25) is 0 Å². The molecule has 1 aromatic heterocycles. The molecule has 5 nitrogen and oxygen atoms in total. The summed E-state index contributed by atoms with van der Waals surface area (Å²) in [6.45, 7) is 0. The van der Waals surface area contributed by atoms with E-state index in [0.717, 1.165) is 5.56 Å². The average Bonchev–Trinajstić information content (AvgIpc) is 2.73. The van der Waals surface area contributed by atoms with Gasteiger partial charge in [-0.15, -0.1) is 0 Å². The molecule has 0 radical (unpaired) electrons. The van der Waals surface area contributed by atoms with Crippen molar-refractivity contribution in [3.63, 3.8) is 0 Å². The van der Waals surface area contributed by atoms with Crippen molar-refractivity contribution in [3.8, 4) is 17.1 Å². The second-order valence-corrected chi connectivity index (χ2v) is 6.82. The number of anilines is 1. The van der Waals surface area contributed by atoms with Gasteiger partial charge in [0, 0.05) is 34.0 Å². The van der Waals surface area contributed by atoms with Crippen LogP contribution in [0.2, 0.25) is 5.02 Å². The van der Waals surface area contributed by atoms with E-state index < -0.39 is 0 Å². The maximum Gasteiger partial charge on any atom is 0.255 e. The predicted octanol–water partition coefficient (Wildman–Crippen LogP) is 5.37. The Hall–Kier alpha value is -3.57. The summed E-state index contributed by atoms with van der Waals surface area (Å²) in [7, 11) is 1.59. The quantitative estimate of drug-likeness (QED) is 0.495. The van der Waals surface area contributed by atoms with Crippen LogP contribution in [0.25, 0.3) is 22.3 Å². The molecule has 0 saturated heterocycles. The summed E-state index contributed by atoms with van der Waals surface area (Å²) in [6, 6.07) is 20.2. The minimum Gasteiger partial charge on any atom is -0.497 e. The first kappa shape index (κ1) is 18.8. The molecule has 6 heteroatoms. The van der Waals surface area contributed by atoms with Gasteiger partial charge in [0.1, 0.15) is 17.1 Å². The molecule has 0 aliphatic heterocycles. The molecule has 0 saturated carbocycles. The molecule has 1 heterocycles. The first-order valence-electron chi connectivity index (χ1n) is 8.83. The van der Waals surface area contributed by atoms with Gasteiger partial charge < -0.3 is 14.5 Å². The lowest BCUT2D eigenvalue weighted by molar-refractivity contribution is 0.102. The highest BCUT2D eigenvalue weighted by molar-refractivity contribution is 6.31. The van der Waals surface area contributed by atoms with Crippen LogP contribution in [-0.2, 0) is 0 Å². The van der Waals surface area contributed by atoms with Gasteiger partial charge in [0.25, 0.3) is 5.91 Å². The van der Waals surface area contributed by atoms with Crippen LogP contribution in [0.1, 0.15) is 10.4 Å². The van der Waals surface area contributed by atoms with Gasteiger partial charge >= 0.3 is 0 Å². The highest BCUT2D eigenvalue weighted by Crippen LogP contribution is 2.26. The Balaban J connectivity index is 1.68. The van der Waals surface area contributed by atoms with Crippen molar-refractivity contribution in [1.82, 2.24) is 0 Å². The summed E-state index contributed by atoms with van der Waals surface area (Å²) in [6.07, 6.45) is 0. The number of carbonyl (C=O) groups is 1. The Kier molecular flexibility index (Phi) is 5.06. The molecular formula is C23H16ClNO4. The Bertz CT molecular complexity index is 1260. The fraction of sp³-hybridized carbons (Fsp3) is 0.0435. The number of carbonyl (C=O) groups excluding carboxylic acids is 1. The largest absolute Gasteiger partial charge is 0.497 e. The Labute approximate surface area is 171 Å². The zero-order valence-corrected chi connectivity index (χ0v) is 16.2. The van der Waals surface area contributed by atoms with Gasteiger partial charge in [-0.3, -0.25) is 9.59 Å². The van der Waals surface area contributed by atoms with Crippen molar-refractivity contribution in [2.45, 2.75) is 0 Å². The van der Waals surface area contributed by atoms with Gasteiger partial charge in [0.15, 0.2) is 5.43 Å². The number of hydrogen-bond acceptors (Lipinski definition) is 4. The summed E-state index contributed by atoms with van der Waals surface area (Å²) < 4.78 is 11.1. The van der Waals surface area contributed by atoms with E-state index in [-0.39, 0.29) is 11.3 Å². The first-order chi connectivity index (χ1) is 14.0. The van der Waals surface area contributed by atoms with Gasteiger partial charge in [-0.05, 0) is 54.6 Å². The van der Waals surface area contributed by atoms with Crippen LogP contribution < -0.4 is 15.5 Å². The van der Waals surface area contributed by atoms with Crippen LogP contribution in [0.15, 0.2) is 82.0 Å². The zero-order chi connectivity index (χ0) is 20.4. The molecule has 3 aromatic carbocycles. The first-order valence-corrected chi connectivity index (χ1v) is 9.20. The van der Waals surface area contributed by atoms with Crippen molar-refractivity contribution in [2.75, 3.05) is 12.4 Å². The van der Waals surface area contributed by atoms with E-state index >= 15 is 0 Å². The molecular weight excluding hydrogens is 390 g/mol. The third-order valence-electron chi connectivity index (χ3n) is 4.45. The molecule has 144 valence electrons. The van der Waals surface area contributed by atoms with Gasteiger partial charge in [0.05, 0.1) is 12.5 Å². The highest BCUT2D eigenvalue weighted by atomic mass is 35.5. The van der Waals surface area contributed by atoms with E-state index in [1.165, 1.54) is 6.07 Å². The number of hydrogen-bond donors (Lipinski definition) is 1. The summed E-state index contributed by atoms with van der Waals surface area (Å²) in [5.41, 5.74) is 1.92. The van der Waals surface area contributed by atoms with E-state index in [1.807, 2.05) is 12.1 Å². The Morgan fingerprint density at radius 2 is 1.79 bits per heavy atom. The number of methoxy groups -OCH3 is 1. The van der Waals surface area contributed by atoms with Crippen LogP contribution in [0, 0.1) is 0 Å². The SMILES string of the molecule is COc1ccc(-c2cc(=O)c3ccc(NC(=O)c4cccc(Cl)c4)cc3o2)cc1. The number of fused-ring (bicyclic) bond motifs is 1. The molecule has 1 N–H and O–H groups in total. The molecule has 0 aliphatic carbocycles. The standard InChI is InChI=1S/C23H16ClNO4/c1-28-18-8-5-14(6-9-18)21-13-20(26)19-10-7-17(12-22(19)29-21)25-23(27)15-3-2-4-16(24)11-15/h2-13H,1H3,(H,25,27). The second kappa shape index (κ2) is 7.81. The van der Waals surface area contributed by atoms with Crippen LogP contribution in [0.4, 0.5) is 5.69 Å². The maximum absolute atomic E-state index is 12.5. The second-order valence-electron chi connectivity index (χ2n) is 6.38. The monoisotopic (exact) mass is 405 g/mol. The van der Waals surface area contributed by atoms with Crippen LogP contribution in [0.5, 0.6) is 5.75 Å². The molecule has 4 rings (SSSR count). The minimum absolute atomic E-state index is 0.162. The molecule has 4 aromatic rings. The molecule has 0 fully saturated rings. The number of nitrogens with one attached hydrogen (secondary N) is 1. The number of ether oxygens (including phenoxy) is 1. The van der Waals surface area contributed by atoms with E-state index in [2.05, 4.69) is 5.32 Å². The molecule has 0 unspecified atom stereocenters. The molecule has 0 spiro atoms. The third-order valence-corrected chi connectivity index (χ3v) is 4.68. The topological polar surface area (TPSA) is 68.5 Å². The average molecular weight is 406 g/mol. The van der Waals surface area contributed by atoms with Crippen molar-refractivity contribution >= 4 is 34.2 Å². The van der Waals surface area contributed by atoms with Crippen LogP contribution >= 0.6 is 11.6 Å². The summed E-state index contributed by atoms with van der Waals surface area (Å²) >= 11 is 5.94. The third kappa shape index (κ3) is 4.00. The van der Waals surface area contributed by atoms with Crippen LogP contribution in [-0.4, -0.2) is 13.0 Å². The van der Waals surface area contributed by atoms with Gasteiger partial charge in [-0.2, -0.15) is 0 Å². The lowest BCUT2D eigenvalue weighted by Gasteiger charge is -2.08. The van der Waals surface area contributed by atoms with Crippen molar-refractivity contribution in [2.24, 2.45) is 0 Å². The predicted molar refractivity (Wildman–Crippen MR) is 114 cm³/mol. The smallest absolute Gasteiger partial charge is 0.255 e. The van der Waals surface area contributed by atoms with E-state index in [9.17, 15) is 9.59 Å². The molecule has 0 atom stereocenters. The van der Waals surface area contributed by atoms with Crippen molar-refractivity contribution in [3.05, 3.63) is 93.6 Å². The normalized spacial score (nSPS) is 10.7. The molecule has 29 heavy (non-hydrogen) atoms. The fourth-order valence-electron chi connectivity index (χ4n) is 2.96. The number of halogens is 1. The lowest BCUT2D eigenvalue weighted by Crippen LogP contribution is -2.12. The summed E-state index contributed by atoms with van der Waals surface area (Å²) in [5, 5.41) is 3.71. The maximum atomic E-state index is 12.5. The van der Waals surface area contributed by atoms with E-state index in [0.29, 0.717) is 38.8 Å².